The minimum absolute atomic E-state index is 0.109. The second-order valence-corrected chi connectivity index (χ2v) is 4.43. The van der Waals surface area contributed by atoms with Crippen LogP contribution in [0, 0.1) is 0 Å². The topological polar surface area (TPSA) is 90.4 Å². The van der Waals surface area contributed by atoms with E-state index in [1.165, 1.54) is 0 Å². The van der Waals surface area contributed by atoms with Crippen LogP contribution in [0.3, 0.4) is 0 Å². The molecule has 1 atom stereocenters. The van der Waals surface area contributed by atoms with Gasteiger partial charge in [0.25, 0.3) is 0 Å². The quantitative estimate of drug-likeness (QED) is 0.669. The molecule has 0 bridgehead atoms. The zero-order valence-electron chi connectivity index (χ0n) is 10.4. The third-order valence-corrected chi connectivity index (χ3v) is 2.62. The number of primary amides is 1. The summed E-state index contributed by atoms with van der Waals surface area (Å²) in [5.74, 6) is 0.318. The summed E-state index contributed by atoms with van der Waals surface area (Å²) in [5.41, 5.74) is 12.2. The van der Waals surface area contributed by atoms with Crippen molar-refractivity contribution < 1.29 is 9.53 Å². The molecular weight excluding hydrogens is 250 g/mol. The average molecular weight is 267 g/mol. The molecule has 5 N–H and O–H groups in total. The van der Waals surface area contributed by atoms with Gasteiger partial charge in [0.1, 0.15) is 10.7 Å². The highest BCUT2D eigenvalue weighted by molar-refractivity contribution is 7.80. The first-order valence-corrected chi connectivity index (χ1v) is 5.87. The van der Waals surface area contributed by atoms with Gasteiger partial charge in [-0.25, -0.2) is 0 Å². The van der Waals surface area contributed by atoms with Crippen molar-refractivity contribution in [2.75, 3.05) is 12.4 Å². The Balaban J connectivity index is 2.96. The first-order chi connectivity index (χ1) is 8.43. The van der Waals surface area contributed by atoms with Gasteiger partial charge in [-0.05, 0) is 19.1 Å². The summed E-state index contributed by atoms with van der Waals surface area (Å²) in [5, 5.41) is 3.15. The van der Waals surface area contributed by atoms with Gasteiger partial charge >= 0.3 is 0 Å². The van der Waals surface area contributed by atoms with E-state index in [9.17, 15) is 4.79 Å². The van der Waals surface area contributed by atoms with E-state index in [0.29, 0.717) is 11.3 Å². The van der Waals surface area contributed by atoms with Crippen LogP contribution in [0.4, 0.5) is 5.69 Å². The van der Waals surface area contributed by atoms with E-state index in [1.54, 1.807) is 25.3 Å². The molecular formula is C12H17N3O2S. The van der Waals surface area contributed by atoms with Crippen molar-refractivity contribution in [3.8, 4) is 5.75 Å². The van der Waals surface area contributed by atoms with Gasteiger partial charge < -0.3 is 21.5 Å². The van der Waals surface area contributed by atoms with Gasteiger partial charge in [0.05, 0.1) is 7.11 Å². The molecule has 0 heterocycles. The molecule has 0 saturated carbocycles. The molecule has 0 aromatic heterocycles. The van der Waals surface area contributed by atoms with E-state index in [0.717, 1.165) is 5.69 Å². The summed E-state index contributed by atoms with van der Waals surface area (Å²) in [7, 11) is 1.58. The number of hydrogen-bond acceptors (Lipinski definition) is 4. The van der Waals surface area contributed by atoms with E-state index < -0.39 is 0 Å². The maximum Gasteiger partial charge on any atom is 0.219 e. The number of carbonyl (C=O) groups excluding carboxylic acids is 1. The Morgan fingerprint density at radius 1 is 1.50 bits per heavy atom. The first kappa shape index (κ1) is 14.2. The van der Waals surface area contributed by atoms with E-state index in [4.69, 9.17) is 28.4 Å². The minimum atomic E-state index is -0.366. The van der Waals surface area contributed by atoms with Gasteiger partial charge in [-0.15, -0.1) is 0 Å². The van der Waals surface area contributed by atoms with Gasteiger partial charge in [0, 0.05) is 29.8 Å². The number of rotatable bonds is 6. The molecule has 6 heteroatoms. The Morgan fingerprint density at radius 3 is 2.67 bits per heavy atom. The molecule has 0 saturated heterocycles. The van der Waals surface area contributed by atoms with Gasteiger partial charge in [-0.2, -0.15) is 0 Å². The van der Waals surface area contributed by atoms with Crippen LogP contribution in [0.1, 0.15) is 18.9 Å². The Hall–Kier alpha value is -1.82. The predicted molar refractivity (Wildman–Crippen MR) is 75.8 cm³/mol. The van der Waals surface area contributed by atoms with Crippen molar-refractivity contribution >= 4 is 28.8 Å². The molecule has 5 nitrogen and oxygen atoms in total. The van der Waals surface area contributed by atoms with Gasteiger partial charge in [-0.1, -0.05) is 12.2 Å². The average Bonchev–Trinajstić information content (AvgIpc) is 2.27. The summed E-state index contributed by atoms with van der Waals surface area (Å²) >= 11 is 4.98. The minimum Gasteiger partial charge on any atom is -0.497 e. The van der Waals surface area contributed by atoms with Crippen LogP contribution in [0.2, 0.25) is 0 Å². The molecule has 1 rings (SSSR count). The Labute approximate surface area is 111 Å². The highest BCUT2D eigenvalue weighted by atomic mass is 32.1. The van der Waals surface area contributed by atoms with E-state index in [1.807, 2.05) is 6.92 Å². The fourth-order valence-electron chi connectivity index (χ4n) is 1.60. The second-order valence-electron chi connectivity index (χ2n) is 3.99. The van der Waals surface area contributed by atoms with Gasteiger partial charge in [-0.3, -0.25) is 4.79 Å². The first-order valence-electron chi connectivity index (χ1n) is 5.46. The van der Waals surface area contributed by atoms with Gasteiger partial charge in [0.15, 0.2) is 0 Å². The smallest absolute Gasteiger partial charge is 0.219 e. The molecule has 1 amide bonds. The second kappa shape index (κ2) is 6.20. The summed E-state index contributed by atoms with van der Waals surface area (Å²) in [6.45, 7) is 1.85. The third kappa shape index (κ3) is 3.89. The number of carbonyl (C=O) groups is 1. The fourth-order valence-corrected chi connectivity index (χ4v) is 1.78. The largest absolute Gasteiger partial charge is 0.497 e. The lowest BCUT2D eigenvalue weighted by atomic mass is 10.1. The molecule has 1 unspecified atom stereocenters. The van der Waals surface area contributed by atoms with Crippen molar-refractivity contribution in [3.05, 3.63) is 23.8 Å². The zero-order valence-corrected chi connectivity index (χ0v) is 11.2. The Morgan fingerprint density at radius 2 is 2.17 bits per heavy atom. The highest BCUT2D eigenvalue weighted by Crippen LogP contribution is 2.23. The van der Waals surface area contributed by atoms with Crippen LogP contribution in [0.15, 0.2) is 18.2 Å². The molecule has 0 aliphatic carbocycles. The van der Waals surface area contributed by atoms with Crippen molar-refractivity contribution in [1.29, 1.82) is 0 Å². The van der Waals surface area contributed by atoms with Crippen molar-refractivity contribution in [3.63, 3.8) is 0 Å². The lowest BCUT2D eigenvalue weighted by molar-refractivity contribution is -0.118. The lowest BCUT2D eigenvalue weighted by Gasteiger charge is -2.17. The molecule has 0 radical (unpaired) electrons. The molecule has 0 fully saturated rings. The summed E-state index contributed by atoms with van der Waals surface area (Å²) in [6, 6.07) is 5.23. The number of nitrogens with two attached hydrogens (primary N) is 2. The normalized spacial score (nSPS) is 11.7. The lowest BCUT2D eigenvalue weighted by Crippen LogP contribution is -2.25. The van der Waals surface area contributed by atoms with Crippen LogP contribution < -0.4 is 21.5 Å². The SMILES string of the molecule is COc1ccc(C(N)=S)c(NC(C)CC(N)=O)c1. The van der Waals surface area contributed by atoms with E-state index in [-0.39, 0.29) is 23.4 Å². The van der Waals surface area contributed by atoms with Crippen LogP contribution >= 0.6 is 12.2 Å². The number of thiocarbonyl (C=S) groups is 1. The number of benzene rings is 1. The Bertz CT molecular complexity index is 463. The number of anilines is 1. The molecule has 0 spiro atoms. The zero-order chi connectivity index (χ0) is 13.7. The fraction of sp³-hybridized carbons (Fsp3) is 0.333. The molecule has 0 aliphatic rings. The monoisotopic (exact) mass is 267 g/mol. The number of nitrogens with one attached hydrogen (secondary N) is 1. The summed E-state index contributed by atoms with van der Waals surface area (Å²) in [6.07, 6.45) is 0.230. The summed E-state index contributed by atoms with van der Waals surface area (Å²) in [4.78, 5) is 11.1. The summed E-state index contributed by atoms with van der Waals surface area (Å²) < 4.78 is 5.14. The maximum atomic E-state index is 10.8. The number of amides is 1. The molecule has 0 aliphatic heterocycles. The van der Waals surface area contributed by atoms with Crippen molar-refractivity contribution in [2.24, 2.45) is 11.5 Å². The molecule has 1 aromatic rings. The van der Waals surface area contributed by atoms with E-state index in [2.05, 4.69) is 5.32 Å². The van der Waals surface area contributed by atoms with Crippen molar-refractivity contribution in [2.45, 2.75) is 19.4 Å². The van der Waals surface area contributed by atoms with Gasteiger partial charge in [0.2, 0.25) is 5.91 Å². The molecule has 1 aromatic carbocycles. The predicted octanol–water partition coefficient (Wildman–Crippen LogP) is 1.01. The van der Waals surface area contributed by atoms with Crippen LogP contribution in [0.5, 0.6) is 5.75 Å². The molecule has 18 heavy (non-hydrogen) atoms. The van der Waals surface area contributed by atoms with Crippen LogP contribution in [-0.4, -0.2) is 24.0 Å². The van der Waals surface area contributed by atoms with Crippen LogP contribution in [0.25, 0.3) is 0 Å². The number of hydrogen-bond donors (Lipinski definition) is 3. The van der Waals surface area contributed by atoms with E-state index >= 15 is 0 Å². The van der Waals surface area contributed by atoms with Crippen LogP contribution in [-0.2, 0) is 4.79 Å². The third-order valence-electron chi connectivity index (χ3n) is 2.40. The Kier molecular flexibility index (Phi) is 4.91. The molecule has 98 valence electrons. The maximum absolute atomic E-state index is 10.8. The number of methoxy groups -OCH3 is 1. The highest BCUT2D eigenvalue weighted by Gasteiger charge is 2.11. The number of ether oxygens (including phenoxy) is 1. The van der Waals surface area contributed by atoms with Crippen molar-refractivity contribution in [1.82, 2.24) is 0 Å². The standard InChI is InChI=1S/C12H17N3O2S/c1-7(5-11(13)16)15-10-6-8(17-2)3-4-9(10)12(14)18/h3-4,6-7,15H,5H2,1-2H3,(H2,13,16)(H2,14,18).